The van der Waals surface area contributed by atoms with E-state index in [1.807, 2.05) is 0 Å². The summed E-state index contributed by atoms with van der Waals surface area (Å²) in [5.41, 5.74) is 0.772. The van der Waals surface area contributed by atoms with Crippen molar-refractivity contribution < 1.29 is 19.6 Å². The number of rotatable bonds is 2. The molecule has 0 radical (unpaired) electrons. The average molecular weight is 236 g/mol. The Balaban J connectivity index is 3.00. The molecular weight excluding hydrogens is 219 g/mol. The van der Waals surface area contributed by atoms with Crippen molar-refractivity contribution in [3.63, 3.8) is 0 Å². The molecule has 0 heterocycles. The maximum atomic E-state index is 11.8. The van der Waals surface area contributed by atoms with Gasteiger partial charge in [0.2, 0.25) is 0 Å². The van der Waals surface area contributed by atoms with Crippen LogP contribution in [0.25, 0.3) is 0 Å². The summed E-state index contributed by atoms with van der Waals surface area (Å²) < 4.78 is 5.20. The SMILES string of the molecule is Cc1ccc(C(=O)OC(C)(C)C)cc1B(O)O. The molecule has 5 heteroatoms. The average Bonchev–Trinajstić information content (AvgIpc) is 2.14. The number of esters is 1. The molecule has 0 unspecified atom stereocenters. The quantitative estimate of drug-likeness (QED) is 0.583. The summed E-state index contributed by atoms with van der Waals surface area (Å²) in [6, 6.07) is 4.71. The van der Waals surface area contributed by atoms with Gasteiger partial charge in [-0.05, 0) is 45.3 Å². The second-order valence-electron chi connectivity index (χ2n) is 4.95. The molecule has 0 aliphatic heterocycles. The Kier molecular flexibility index (Phi) is 3.96. The fourth-order valence-electron chi connectivity index (χ4n) is 1.38. The van der Waals surface area contributed by atoms with E-state index in [1.54, 1.807) is 39.8 Å². The molecule has 1 rings (SSSR count). The van der Waals surface area contributed by atoms with Crippen molar-refractivity contribution in [2.45, 2.75) is 33.3 Å². The highest BCUT2D eigenvalue weighted by Gasteiger charge is 2.20. The first kappa shape index (κ1) is 13.7. The van der Waals surface area contributed by atoms with Gasteiger partial charge in [-0.2, -0.15) is 0 Å². The van der Waals surface area contributed by atoms with Gasteiger partial charge >= 0.3 is 13.1 Å². The molecule has 0 spiro atoms. The zero-order chi connectivity index (χ0) is 13.2. The summed E-state index contributed by atoms with van der Waals surface area (Å²) in [4.78, 5) is 11.8. The van der Waals surface area contributed by atoms with E-state index < -0.39 is 18.7 Å². The third-order valence-corrected chi connectivity index (χ3v) is 2.19. The van der Waals surface area contributed by atoms with Crippen LogP contribution in [0.1, 0.15) is 36.7 Å². The van der Waals surface area contributed by atoms with Crippen molar-refractivity contribution in [2.75, 3.05) is 0 Å². The van der Waals surface area contributed by atoms with Gasteiger partial charge in [0, 0.05) is 0 Å². The topological polar surface area (TPSA) is 66.8 Å². The summed E-state index contributed by atoms with van der Waals surface area (Å²) in [5.74, 6) is -0.473. The summed E-state index contributed by atoms with van der Waals surface area (Å²) in [7, 11) is -1.59. The van der Waals surface area contributed by atoms with Crippen molar-refractivity contribution in [2.24, 2.45) is 0 Å². The smallest absolute Gasteiger partial charge is 0.456 e. The van der Waals surface area contributed by atoms with E-state index in [2.05, 4.69) is 0 Å². The van der Waals surface area contributed by atoms with Gasteiger partial charge in [0.1, 0.15) is 5.60 Å². The van der Waals surface area contributed by atoms with Crippen molar-refractivity contribution in [1.82, 2.24) is 0 Å². The molecule has 0 atom stereocenters. The molecule has 1 aromatic rings. The van der Waals surface area contributed by atoms with Gasteiger partial charge in [-0.3, -0.25) is 0 Å². The van der Waals surface area contributed by atoms with Crippen molar-refractivity contribution in [3.8, 4) is 0 Å². The van der Waals surface area contributed by atoms with Crippen LogP contribution in [-0.4, -0.2) is 28.7 Å². The van der Waals surface area contributed by atoms with Gasteiger partial charge in [-0.25, -0.2) is 4.79 Å². The molecule has 17 heavy (non-hydrogen) atoms. The molecule has 92 valence electrons. The van der Waals surface area contributed by atoms with Crippen LogP contribution in [0.2, 0.25) is 0 Å². The standard InChI is InChI=1S/C12H17BO4/c1-8-5-6-9(7-10(8)13(15)16)11(14)17-12(2,3)4/h5-7,15-16H,1-4H3. The van der Waals surface area contributed by atoms with E-state index in [4.69, 9.17) is 14.8 Å². The molecule has 0 aliphatic carbocycles. The number of aryl methyl sites for hydroxylation is 1. The summed E-state index contributed by atoms with van der Waals surface area (Å²) in [5, 5.41) is 18.3. The first-order valence-electron chi connectivity index (χ1n) is 5.41. The molecule has 0 fully saturated rings. The molecule has 0 aliphatic rings. The van der Waals surface area contributed by atoms with Crippen LogP contribution in [0.5, 0.6) is 0 Å². The summed E-state index contributed by atoms with van der Waals surface area (Å²) >= 11 is 0. The fraction of sp³-hybridized carbons (Fsp3) is 0.417. The number of carbonyl (C=O) groups excluding carboxylic acids is 1. The van der Waals surface area contributed by atoms with Gasteiger partial charge in [0.15, 0.2) is 0 Å². The minimum atomic E-state index is -1.59. The molecule has 2 N–H and O–H groups in total. The Bertz CT molecular complexity index is 421. The third-order valence-electron chi connectivity index (χ3n) is 2.19. The lowest BCUT2D eigenvalue weighted by Crippen LogP contribution is -2.33. The minimum Gasteiger partial charge on any atom is -0.456 e. The second-order valence-corrected chi connectivity index (χ2v) is 4.95. The lowest BCUT2D eigenvalue weighted by Gasteiger charge is -2.19. The molecule has 0 amide bonds. The van der Waals surface area contributed by atoms with Crippen molar-refractivity contribution >= 4 is 18.6 Å². The fourth-order valence-corrected chi connectivity index (χ4v) is 1.38. The highest BCUT2D eigenvalue weighted by Crippen LogP contribution is 2.12. The molecule has 0 saturated heterocycles. The lowest BCUT2D eigenvalue weighted by molar-refractivity contribution is 0.00696. The van der Waals surface area contributed by atoms with E-state index in [-0.39, 0.29) is 0 Å². The second kappa shape index (κ2) is 4.90. The monoisotopic (exact) mass is 236 g/mol. The van der Waals surface area contributed by atoms with Gasteiger partial charge in [0.05, 0.1) is 5.56 Å². The molecule has 4 nitrogen and oxygen atoms in total. The zero-order valence-electron chi connectivity index (χ0n) is 10.5. The van der Waals surface area contributed by atoms with Crippen molar-refractivity contribution in [1.29, 1.82) is 0 Å². The van der Waals surface area contributed by atoms with E-state index in [0.717, 1.165) is 0 Å². The van der Waals surface area contributed by atoms with Gasteiger partial charge in [-0.15, -0.1) is 0 Å². The Hall–Kier alpha value is -1.33. The molecule has 0 saturated carbocycles. The normalized spacial score (nSPS) is 11.2. The lowest BCUT2D eigenvalue weighted by atomic mass is 9.76. The van der Waals surface area contributed by atoms with Crippen LogP contribution in [0.15, 0.2) is 18.2 Å². The highest BCUT2D eigenvalue weighted by atomic mass is 16.6. The maximum absolute atomic E-state index is 11.8. The molecule has 0 aromatic heterocycles. The van der Waals surface area contributed by atoms with Crippen LogP contribution in [0.4, 0.5) is 0 Å². The number of hydrogen-bond acceptors (Lipinski definition) is 4. The highest BCUT2D eigenvalue weighted by molar-refractivity contribution is 6.59. The van der Waals surface area contributed by atoms with Crippen LogP contribution in [0, 0.1) is 6.92 Å². The number of carbonyl (C=O) groups is 1. The zero-order valence-corrected chi connectivity index (χ0v) is 10.5. The number of hydrogen-bond donors (Lipinski definition) is 2. The van der Waals surface area contributed by atoms with Crippen LogP contribution in [-0.2, 0) is 4.74 Å². The van der Waals surface area contributed by atoms with Gasteiger partial charge in [-0.1, -0.05) is 11.6 Å². The number of ether oxygens (including phenoxy) is 1. The molecular formula is C12H17BO4. The predicted molar refractivity (Wildman–Crippen MR) is 66.2 cm³/mol. The first-order chi connectivity index (χ1) is 7.70. The van der Waals surface area contributed by atoms with Crippen LogP contribution < -0.4 is 5.46 Å². The van der Waals surface area contributed by atoms with E-state index >= 15 is 0 Å². The predicted octanol–water partition coefficient (Wildman–Crippen LogP) is 0.630. The van der Waals surface area contributed by atoms with E-state index in [1.165, 1.54) is 6.07 Å². The summed E-state index contributed by atoms with van der Waals surface area (Å²) in [6.45, 7) is 7.08. The largest absolute Gasteiger partial charge is 0.488 e. The van der Waals surface area contributed by atoms with Crippen molar-refractivity contribution in [3.05, 3.63) is 29.3 Å². The Morgan fingerprint density at radius 1 is 1.29 bits per heavy atom. The third kappa shape index (κ3) is 3.87. The maximum Gasteiger partial charge on any atom is 0.488 e. The van der Waals surface area contributed by atoms with E-state index in [0.29, 0.717) is 16.6 Å². The Morgan fingerprint density at radius 3 is 2.35 bits per heavy atom. The van der Waals surface area contributed by atoms with Crippen LogP contribution in [0.3, 0.4) is 0 Å². The molecule has 0 bridgehead atoms. The summed E-state index contributed by atoms with van der Waals surface area (Å²) in [6.07, 6.45) is 0. The molecule has 1 aromatic carbocycles. The van der Waals surface area contributed by atoms with Gasteiger partial charge < -0.3 is 14.8 Å². The first-order valence-corrected chi connectivity index (χ1v) is 5.41. The van der Waals surface area contributed by atoms with Crippen LogP contribution >= 0.6 is 0 Å². The Labute approximate surface area is 101 Å². The Morgan fingerprint density at radius 2 is 1.88 bits per heavy atom. The van der Waals surface area contributed by atoms with E-state index in [9.17, 15) is 4.79 Å². The minimum absolute atomic E-state index is 0.313. The van der Waals surface area contributed by atoms with Gasteiger partial charge in [0.25, 0.3) is 0 Å². The number of benzene rings is 1.